The second-order valence-electron chi connectivity index (χ2n) is 6.85. The summed E-state index contributed by atoms with van der Waals surface area (Å²) in [5.74, 6) is 0.192. The summed E-state index contributed by atoms with van der Waals surface area (Å²) in [6.45, 7) is 6.83. The van der Waals surface area contributed by atoms with E-state index in [1.54, 1.807) is 11.3 Å². The number of nitrogens with one attached hydrogen (secondary N) is 1. The number of carbonyl (C=O) groups excluding carboxylic acids is 1. The summed E-state index contributed by atoms with van der Waals surface area (Å²) >= 11 is 1.79. The smallest absolute Gasteiger partial charge is 0.237 e. The fourth-order valence-corrected chi connectivity index (χ4v) is 4.21. The molecule has 5 nitrogen and oxygen atoms in total. The highest BCUT2D eigenvalue weighted by atomic mass is 32.1. The van der Waals surface area contributed by atoms with E-state index in [2.05, 4.69) is 33.3 Å². The minimum absolute atomic E-state index is 0.0183. The number of piperazine rings is 1. The predicted molar refractivity (Wildman–Crippen MR) is 97.1 cm³/mol. The molecule has 1 atom stereocenters. The van der Waals surface area contributed by atoms with E-state index < -0.39 is 0 Å². The third kappa shape index (κ3) is 3.61. The van der Waals surface area contributed by atoms with E-state index in [-0.39, 0.29) is 11.9 Å². The zero-order valence-corrected chi connectivity index (χ0v) is 14.9. The Morgan fingerprint density at radius 1 is 1.29 bits per heavy atom. The largest absolute Gasteiger partial charge is 0.352 e. The quantitative estimate of drug-likeness (QED) is 0.902. The van der Waals surface area contributed by atoms with Gasteiger partial charge in [-0.15, -0.1) is 11.3 Å². The molecule has 1 aliphatic carbocycles. The number of aromatic nitrogens is 1. The fourth-order valence-electron chi connectivity index (χ4n) is 3.20. The van der Waals surface area contributed by atoms with Gasteiger partial charge in [0.2, 0.25) is 5.91 Å². The maximum atomic E-state index is 12.2. The maximum absolute atomic E-state index is 12.2. The van der Waals surface area contributed by atoms with Crippen molar-refractivity contribution < 1.29 is 4.79 Å². The number of hydrogen-bond donors (Lipinski definition) is 1. The molecule has 24 heavy (non-hydrogen) atoms. The summed E-state index contributed by atoms with van der Waals surface area (Å²) in [4.78, 5) is 21.7. The van der Waals surface area contributed by atoms with Gasteiger partial charge in [0.25, 0.3) is 0 Å². The van der Waals surface area contributed by atoms with Crippen molar-refractivity contribution in [3.8, 4) is 0 Å². The molecule has 0 spiro atoms. The number of nitrogens with zero attached hydrogens (tertiary/aromatic N) is 3. The van der Waals surface area contributed by atoms with Gasteiger partial charge in [-0.25, -0.2) is 4.98 Å². The highest BCUT2D eigenvalue weighted by Crippen LogP contribution is 2.23. The lowest BCUT2D eigenvalue weighted by atomic mass is 10.2. The monoisotopic (exact) mass is 344 g/mol. The fraction of sp³-hybridized carbons (Fsp3) is 0.556. The van der Waals surface area contributed by atoms with Gasteiger partial charge >= 0.3 is 0 Å². The van der Waals surface area contributed by atoms with Gasteiger partial charge in [-0.3, -0.25) is 14.6 Å². The van der Waals surface area contributed by atoms with Crippen LogP contribution in [-0.2, 0) is 11.3 Å². The van der Waals surface area contributed by atoms with Crippen LogP contribution >= 0.6 is 11.3 Å². The maximum Gasteiger partial charge on any atom is 0.237 e. The van der Waals surface area contributed by atoms with Crippen molar-refractivity contribution in [1.29, 1.82) is 0 Å². The van der Waals surface area contributed by atoms with Crippen molar-refractivity contribution in [2.75, 3.05) is 26.2 Å². The van der Waals surface area contributed by atoms with Crippen LogP contribution < -0.4 is 5.32 Å². The zero-order chi connectivity index (χ0) is 16.5. The Kier molecular flexibility index (Phi) is 4.52. The summed E-state index contributed by atoms with van der Waals surface area (Å²) in [5.41, 5.74) is 1.10. The first-order valence-electron chi connectivity index (χ1n) is 8.80. The summed E-state index contributed by atoms with van der Waals surface area (Å²) in [6, 6.07) is 8.74. The Balaban J connectivity index is 1.30. The average Bonchev–Trinajstić information content (AvgIpc) is 3.31. The molecule has 2 aliphatic rings. The Bertz CT molecular complexity index is 686. The van der Waals surface area contributed by atoms with E-state index in [1.807, 2.05) is 13.0 Å². The van der Waals surface area contributed by atoms with Crippen LogP contribution in [0, 0.1) is 0 Å². The molecule has 1 saturated carbocycles. The van der Waals surface area contributed by atoms with Gasteiger partial charge in [0.15, 0.2) is 0 Å². The number of fused-ring (bicyclic) bond motifs is 1. The number of amides is 1. The van der Waals surface area contributed by atoms with Crippen molar-refractivity contribution in [3.05, 3.63) is 29.3 Å². The van der Waals surface area contributed by atoms with Crippen LogP contribution in [0.1, 0.15) is 24.8 Å². The first-order chi connectivity index (χ1) is 11.7. The van der Waals surface area contributed by atoms with E-state index >= 15 is 0 Å². The predicted octanol–water partition coefficient (Wildman–Crippen LogP) is 2.08. The number of benzene rings is 1. The van der Waals surface area contributed by atoms with E-state index in [1.165, 1.54) is 9.71 Å². The molecule has 1 aromatic heterocycles. The van der Waals surface area contributed by atoms with Crippen molar-refractivity contribution in [2.24, 2.45) is 0 Å². The number of para-hydroxylation sites is 1. The van der Waals surface area contributed by atoms with Crippen molar-refractivity contribution in [2.45, 2.75) is 38.4 Å². The molecular weight excluding hydrogens is 320 g/mol. The number of rotatable bonds is 5. The van der Waals surface area contributed by atoms with Crippen LogP contribution in [0.4, 0.5) is 0 Å². The molecule has 0 bridgehead atoms. The Morgan fingerprint density at radius 2 is 2.04 bits per heavy atom. The normalized spacial score (nSPS) is 21.0. The van der Waals surface area contributed by atoms with Gasteiger partial charge in [-0.2, -0.15) is 0 Å². The number of thiazole rings is 1. The second-order valence-corrected chi connectivity index (χ2v) is 7.96. The molecular formula is C18H24N4OS. The Morgan fingerprint density at radius 3 is 2.75 bits per heavy atom. The van der Waals surface area contributed by atoms with E-state index in [9.17, 15) is 4.79 Å². The van der Waals surface area contributed by atoms with Crippen LogP contribution in [0.25, 0.3) is 10.2 Å². The van der Waals surface area contributed by atoms with Gasteiger partial charge in [-0.1, -0.05) is 12.1 Å². The van der Waals surface area contributed by atoms with Gasteiger partial charge < -0.3 is 5.32 Å². The lowest BCUT2D eigenvalue weighted by Crippen LogP contribution is -2.53. The third-order valence-corrected chi connectivity index (χ3v) is 5.98. The van der Waals surface area contributed by atoms with Crippen LogP contribution in [-0.4, -0.2) is 59.0 Å². The second kappa shape index (κ2) is 6.78. The van der Waals surface area contributed by atoms with Gasteiger partial charge in [-0.05, 0) is 31.9 Å². The molecule has 4 rings (SSSR count). The van der Waals surface area contributed by atoms with Crippen LogP contribution in [0.2, 0.25) is 0 Å². The minimum atomic E-state index is -0.0183. The molecule has 0 radical (unpaired) electrons. The Hall–Kier alpha value is -1.50. The summed E-state index contributed by atoms with van der Waals surface area (Å²) < 4.78 is 1.26. The highest BCUT2D eigenvalue weighted by molar-refractivity contribution is 7.18. The number of hydrogen-bond acceptors (Lipinski definition) is 5. The van der Waals surface area contributed by atoms with Gasteiger partial charge in [0, 0.05) is 32.2 Å². The van der Waals surface area contributed by atoms with E-state index in [0.29, 0.717) is 6.04 Å². The molecule has 1 aromatic carbocycles. The van der Waals surface area contributed by atoms with Crippen LogP contribution in [0.15, 0.2) is 24.3 Å². The van der Waals surface area contributed by atoms with Gasteiger partial charge in [0.1, 0.15) is 5.01 Å². The molecule has 1 amide bonds. The molecule has 128 valence electrons. The molecule has 2 fully saturated rings. The lowest BCUT2D eigenvalue weighted by Gasteiger charge is -2.37. The summed E-state index contributed by atoms with van der Waals surface area (Å²) in [7, 11) is 0. The highest BCUT2D eigenvalue weighted by Gasteiger charge is 2.30. The van der Waals surface area contributed by atoms with Gasteiger partial charge in [0.05, 0.1) is 22.8 Å². The topological polar surface area (TPSA) is 48.5 Å². The van der Waals surface area contributed by atoms with Crippen LogP contribution in [0.3, 0.4) is 0 Å². The molecule has 2 aromatic rings. The molecule has 0 unspecified atom stereocenters. The molecule has 1 aliphatic heterocycles. The minimum Gasteiger partial charge on any atom is -0.352 e. The molecule has 2 heterocycles. The Labute approximate surface area is 146 Å². The van der Waals surface area contributed by atoms with Crippen molar-refractivity contribution in [3.63, 3.8) is 0 Å². The molecule has 6 heteroatoms. The lowest BCUT2D eigenvalue weighted by molar-refractivity contribution is -0.126. The first kappa shape index (κ1) is 16.0. The van der Waals surface area contributed by atoms with Crippen LogP contribution in [0.5, 0.6) is 0 Å². The van der Waals surface area contributed by atoms with E-state index in [0.717, 1.165) is 51.1 Å². The number of carbonyl (C=O) groups is 1. The molecule has 1 N–H and O–H groups in total. The van der Waals surface area contributed by atoms with Crippen molar-refractivity contribution >= 4 is 27.5 Å². The SMILES string of the molecule is C[C@H](C(=O)NC1CC1)N1CCN(Cc2nc3ccccc3s2)CC1. The van der Waals surface area contributed by atoms with E-state index in [4.69, 9.17) is 4.98 Å². The molecule has 1 saturated heterocycles. The summed E-state index contributed by atoms with van der Waals surface area (Å²) in [6.07, 6.45) is 2.29. The summed E-state index contributed by atoms with van der Waals surface area (Å²) in [5, 5.41) is 4.30. The van der Waals surface area contributed by atoms with Crippen molar-refractivity contribution in [1.82, 2.24) is 20.1 Å². The standard InChI is InChI=1S/C18H24N4OS/c1-13(18(23)19-14-6-7-14)22-10-8-21(9-11-22)12-17-20-15-4-2-3-5-16(15)24-17/h2-5,13-14H,6-12H2,1H3,(H,19,23)/t13-/m1/s1. The third-order valence-electron chi connectivity index (χ3n) is 4.95. The zero-order valence-electron chi connectivity index (χ0n) is 14.1. The first-order valence-corrected chi connectivity index (χ1v) is 9.62. The average molecular weight is 344 g/mol.